The van der Waals surface area contributed by atoms with Crippen LogP contribution in [0.1, 0.15) is 25.3 Å². The number of rotatable bonds is 5. The molecule has 3 rings (SSSR count). The summed E-state index contributed by atoms with van der Waals surface area (Å²) in [4.78, 5) is 22.0. The van der Waals surface area contributed by atoms with Crippen molar-refractivity contribution in [3.05, 3.63) is 30.2 Å². The number of hydrogen-bond donors (Lipinski definition) is 1. The molecule has 3 heterocycles. The molecule has 0 saturated carbocycles. The Balaban J connectivity index is 1.65. The van der Waals surface area contributed by atoms with Gasteiger partial charge in [0.25, 0.3) is 0 Å². The first-order chi connectivity index (χ1) is 11.7. The highest BCUT2D eigenvalue weighted by Gasteiger charge is 2.22. The van der Waals surface area contributed by atoms with Crippen LogP contribution < -0.4 is 15.1 Å². The zero-order valence-corrected chi connectivity index (χ0v) is 14.6. The Kier molecular flexibility index (Phi) is 5.08. The molecule has 24 heavy (non-hydrogen) atoms. The molecule has 0 aliphatic carbocycles. The van der Waals surface area contributed by atoms with E-state index in [0.717, 1.165) is 44.1 Å². The molecule has 1 saturated heterocycles. The van der Waals surface area contributed by atoms with Gasteiger partial charge in [-0.25, -0.2) is 15.0 Å². The third kappa shape index (κ3) is 3.90. The van der Waals surface area contributed by atoms with Crippen molar-refractivity contribution in [3.63, 3.8) is 0 Å². The molecule has 128 valence electrons. The quantitative estimate of drug-likeness (QED) is 0.900. The largest absolute Gasteiger partial charge is 0.365 e. The van der Waals surface area contributed by atoms with Crippen LogP contribution in [-0.2, 0) is 6.42 Å². The lowest BCUT2D eigenvalue weighted by Gasteiger charge is -2.33. The number of hydrogen-bond acceptors (Lipinski definition) is 7. The molecule has 1 fully saturated rings. The highest BCUT2D eigenvalue weighted by Crippen LogP contribution is 2.19. The first-order valence-corrected chi connectivity index (χ1v) is 8.48. The summed E-state index contributed by atoms with van der Waals surface area (Å²) in [6, 6.07) is 2.25. The van der Waals surface area contributed by atoms with E-state index in [0.29, 0.717) is 12.0 Å². The van der Waals surface area contributed by atoms with Crippen LogP contribution in [0, 0.1) is 0 Å². The first-order valence-electron chi connectivity index (χ1n) is 8.48. The molecule has 0 radical (unpaired) electrons. The molecule has 0 amide bonds. The lowest BCUT2D eigenvalue weighted by atomic mass is 10.1. The average Bonchev–Trinajstić information content (AvgIpc) is 2.62. The van der Waals surface area contributed by atoms with E-state index in [2.05, 4.69) is 37.1 Å². The second-order valence-electron chi connectivity index (χ2n) is 6.31. The Morgan fingerprint density at radius 2 is 2.04 bits per heavy atom. The molecule has 1 aliphatic heterocycles. The molecule has 0 aromatic carbocycles. The maximum atomic E-state index is 4.54. The summed E-state index contributed by atoms with van der Waals surface area (Å²) in [7, 11) is 3.89. The monoisotopic (exact) mass is 327 g/mol. The standard InChI is InChI=1S/C17H25N7/c1-4-13-10-19-16(20-11-13)24-9-5-6-14(12-24)21-15-7-8-18-17(22-15)23(2)3/h7-8,10-11,14H,4-6,9,12H2,1-3H3,(H,18,21,22). The van der Waals surface area contributed by atoms with Gasteiger partial charge in [0.05, 0.1) is 0 Å². The minimum Gasteiger partial charge on any atom is -0.365 e. The van der Waals surface area contributed by atoms with Gasteiger partial charge in [-0.05, 0) is 30.9 Å². The van der Waals surface area contributed by atoms with Gasteiger partial charge in [-0.2, -0.15) is 4.98 Å². The van der Waals surface area contributed by atoms with Crippen molar-refractivity contribution < 1.29 is 0 Å². The molecule has 0 spiro atoms. The Bertz CT molecular complexity index is 656. The number of anilines is 3. The highest BCUT2D eigenvalue weighted by molar-refractivity contribution is 5.42. The fourth-order valence-electron chi connectivity index (χ4n) is 2.82. The summed E-state index contributed by atoms with van der Waals surface area (Å²) < 4.78 is 0. The molecule has 2 aromatic rings. The van der Waals surface area contributed by atoms with Crippen molar-refractivity contribution in [1.29, 1.82) is 0 Å². The van der Waals surface area contributed by atoms with Gasteiger partial charge in [0.1, 0.15) is 5.82 Å². The summed E-state index contributed by atoms with van der Waals surface area (Å²) in [5.41, 5.74) is 1.17. The van der Waals surface area contributed by atoms with E-state index in [4.69, 9.17) is 0 Å². The number of aromatic nitrogens is 4. The lowest BCUT2D eigenvalue weighted by Crippen LogP contribution is -2.43. The van der Waals surface area contributed by atoms with Crippen LogP contribution in [0.2, 0.25) is 0 Å². The van der Waals surface area contributed by atoms with Crippen molar-refractivity contribution in [2.24, 2.45) is 0 Å². The van der Waals surface area contributed by atoms with Crippen molar-refractivity contribution in [1.82, 2.24) is 19.9 Å². The maximum absolute atomic E-state index is 4.54. The second kappa shape index (κ2) is 7.42. The second-order valence-corrected chi connectivity index (χ2v) is 6.31. The molecule has 7 nitrogen and oxygen atoms in total. The number of piperidine rings is 1. The first kappa shape index (κ1) is 16.4. The van der Waals surface area contributed by atoms with Gasteiger partial charge in [0, 0.05) is 51.8 Å². The number of nitrogens with one attached hydrogen (secondary N) is 1. The minimum absolute atomic E-state index is 0.332. The molecule has 1 aliphatic rings. The third-order valence-electron chi connectivity index (χ3n) is 4.20. The topological polar surface area (TPSA) is 70.1 Å². The van der Waals surface area contributed by atoms with E-state index in [9.17, 15) is 0 Å². The predicted octanol–water partition coefficient (Wildman–Crippen LogP) is 1.98. The summed E-state index contributed by atoms with van der Waals surface area (Å²) in [6.45, 7) is 3.99. The van der Waals surface area contributed by atoms with Gasteiger partial charge >= 0.3 is 0 Å². The molecule has 2 aromatic heterocycles. The van der Waals surface area contributed by atoms with E-state index in [1.807, 2.05) is 37.5 Å². The smallest absolute Gasteiger partial charge is 0.226 e. The van der Waals surface area contributed by atoms with E-state index in [1.54, 1.807) is 6.20 Å². The van der Waals surface area contributed by atoms with E-state index < -0.39 is 0 Å². The van der Waals surface area contributed by atoms with E-state index in [1.165, 1.54) is 5.56 Å². The van der Waals surface area contributed by atoms with Gasteiger partial charge in [-0.15, -0.1) is 0 Å². The van der Waals surface area contributed by atoms with E-state index in [-0.39, 0.29) is 0 Å². The number of aryl methyl sites for hydroxylation is 1. The molecular formula is C17H25N7. The molecule has 0 bridgehead atoms. The molecule has 1 N–H and O–H groups in total. The van der Waals surface area contributed by atoms with Crippen molar-refractivity contribution in [3.8, 4) is 0 Å². The Morgan fingerprint density at radius 3 is 2.75 bits per heavy atom. The Labute approximate surface area is 143 Å². The fraction of sp³-hybridized carbons (Fsp3) is 0.529. The van der Waals surface area contributed by atoms with Crippen LogP contribution in [0.4, 0.5) is 17.7 Å². The van der Waals surface area contributed by atoms with Crippen molar-refractivity contribution in [2.75, 3.05) is 42.3 Å². The zero-order chi connectivity index (χ0) is 16.9. The normalized spacial score (nSPS) is 17.6. The molecular weight excluding hydrogens is 302 g/mol. The van der Waals surface area contributed by atoms with Gasteiger partial charge < -0.3 is 15.1 Å². The van der Waals surface area contributed by atoms with Gasteiger partial charge in [0.2, 0.25) is 11.9 Å². The third-order valence-corrected chi connectivity index (χ3v) is 4.20. The van der Waals surface area contributed by atoms with Gasteiger partial charge in [-0.3, -0.25) is 0 Å². The zero-order valence-electron chi connectivity index (χ0n) is 14.6. The maximum Gasteiger partial charge on any atom is 0.226 e. The van der Waals surface area contributed by atoms with Crippen molar-refractivity contribution in [2.45, 2.75) is 32.2 Å². The van der Waals surface area contributed by atoms with Gasteiger partial charge in [0.15, 0.2) is 0 Å². The van der Waals surface area contributed by atoms with Crippen LogP contribution in [0.3, 0.4) is 0 Å². The van der Waals surface area contributed by atoms with Crippen LogP contribution in [0.25, 0.3) is 0 Å². The molecule has 1 unspecified atom stereocenters. The molecule has 1 atom stereocenters. The highest BCUT2D eigenvalue weighted by atomic mass is 15.3. The summed E-state index contributed by atoms with van der Waals surface area (Å²) in [6.07, 6.45) is 8.83. The predicted molar refractivity (Wildman–Crippen MR) is 96.6 cm³/mol. The lowest BCUT2D eigenvalue weighted by molar-refractivity contribution is 0.521. The van der Waals surface area contributed by atoms with E-state index >= 15 is 0 Å². The minimum atomic E-state index is 0.332. The molecule has 7 heteroatoms. The summed E-state index contributed by atoms with van der Waals surface area (Å²) in [5.74, 6) is 2.39. The van der Waals surface area contributed by atoms with Crippen LogP contribution in [0.15, 0.2) is 24.7 Å². The van der Waals surface area contributed by atoms with Gasteiger partial charge in [-0.1, -0.05) is 6.92 Å². The summed E-state index contributed by atoms with van der Waals surface area (Å²) >= 11 is 0. The van der Waals surface area contributed by atoms with Crippen LogP contribution in [-0.4, -0.2) is 53.2 Å². The number of nitrogens with zero attached hydrogens (tertiary/aromatic N) is 6. The van der Waals surface area contributed by atoms with Crippen LogP contribution >= 0.6 is 0 Å². The van der Waals surface area contributed by atoms with Crippen molar-refractivity contribution >= 4 is 17.7 Å². The Hall–Kier alpha value is -2.44. The Morgan fingerprint density at radius 1 is 1.25 bits per heavy atom. The average molecular weight is 327 g/mol. The van der Waals surface area contributed by atoms with Crippen LogP contribution in [0.5, 0.6) is 0 Å². The SMILES string of the molecule is CCc1cnc(N2CCCC(Nc3ccnc(N(C)C)n3)C2)nc1. The summed E-state index contributed by atoms with van der Waals surface area (Å²) in [5, 5.41) is 3.52. The fourth-order valence-corrected chi connectivity index (χ4v) is 2.82.